The van der Waals surface area contributed by atoms with E-state index >= 15 is 0 Å². The lowest BCUT2D eigenvalue weighted by Crippen LogP contribution is -2.23. The molecule has 0 unspecified atom stereocenters. The largest absolute Gasteiger partial charge is 0.347 e. The Bertz CT molecular complexity index is 829. The van der Waals surface area contributed by atoms with Gasteiger partial charge in [-0.15, -0.1) is 5.10 Å². The number of nitrogens with one attached hydrogen (secondary N) is 1. The van der Waals surface area contributed by atoms with Crippen molar-refractivity contribution in [1.29, 1.82) is 0 Å². The molecular weight excluding hydrogens is 314 g/mol. The van der Waals surface area contributed by atoms with E-state index in [0.29, 0.717) is 6.54 Å². The van der Waals surface area contributed by atoms with Crippen molar-refractivity contribution in [2.45, 2.75) is 13.1 Å². The minimum absolute atomic E-state index is 0.0858. The number of amides is 1. The number of hydrogen-bond donors (Lipinski definition) is 1. The highest BCUT2D eigenvalue weighted by Crippen LogP contribution is 2.13. The summed E-state index contributed by atoms with van der Waals surface area (Å²) in [6, 6.07) is 13.0. The van der Waals surface area contributed by atoms with Crippen LogP contribution in [0.25, 0.3) is 0 Å². The number of benzene rings is 2. The van der Waals surface area contributed by atoms with Gasteiger partial charge in [0.1, 0.15) is 11.6 Å². The van der Waals surface area contributed by atoms with E-state index in [4.69, 9.17) is 0 Å². The van der Waals surface area contributed by atoms with Gasteiger partial charge in [-0.25, -0.2) is 13.5 Å². The molecule has 1 heterocycles. The molecule has 5 nitrogen and oxygen atoms in total. The molecule has 122 valence electrons. The predicted molar refractivity (Wildman–Crippen MR) is 83.1 cm³/mol. The lowest BCUT2D eigenvalue weighted by Gasteiger charge is -2.04. The molecule has 3 rings (SSSR count). The maximum atomic E-state index is 13.6. The van der Waals surface area contributed by atoms with Crippen LogP contribution in [0.4, 0.5) is 8.78 Å². The van der Waals surface area contributed by atoms with Gasteiger partial charge >= 0.3 is 0 Å². The van der Waals surface area contributed by atoms with Gasteiger partial charge in [0.25, 0.3) is 5.91 Å². The van der Waals surface area contributed by atoms with Crippen LogP contribution in [-0.2, 0) is 13.1 Å². The molecule has 0 fully saturated rings. The minimum Gasteiger partial charge on any atom is -0.347 e. The van der Waals surface area contributed by atoms with Crippen LogP contribution in [0.15, 0.2) is 54.7 Å². The summed E-state index contributed by atoms with van der Waals surface area (Å²) < 4.78 is 28.5. The number of carbonyl (C=O) groups is 1. The van der Waals surface area contributed by atoms with E-state index in [2.05, 4.69) is 15.6 Å². The van der Waals surface area contributed by atoms with Crippen LogP contribution < -0.4 is 5.32 Å². The van der Waals surface area contributed by atoms with Crippen molar-refractivity contribution >= 4 is 5.91 Å². The fourth-order valence-corrected chi connectivity index (χ4v) is 2.19. The molecule has 7 heteroatoms. The summed E-state index contributed by atoms with van der Waals surface area (Å²) in [5.41, 5.74) is 0.910. The van der Waals surface area contributed by atoms with Gasteiger partial charge in [0.05, 0.1) is 12.7 Å². The monoisotopic (exact) mass is 328 g/mol. The van der Waals surface area contributed by atoms with Crippen LogP contribution in [0, 0.1) is 11.6 Å². The zero-order valence-corrected chi connectivity index (χ0v) is 12.6. The molecular formula is C17H14F2N4O. The summed E-state index contributed by atoms with van der Waals surface area (Å²) in [6.07, 6.45) is 1.35. The molecule has 0 saturated carbocycles. The van der Waals surface area contributed by atoms with Gasteiger partial charge in [-0.3, -0.25) is 4.79 Å². The van der Waals surface area contributed by atoms with E-state index in [1.54, 1.807) is 0 Å². The van der Waals surface area contributed by atoms with Gasteiger partial charge in [-0.1, -0.05) is 41.6 Å². The van der Waals surface area contributed by atoms with Crippen LogP contribution in [0.1, 0.15) is 21.6 Å². The molecule has 0 radical (unpaired) electrons. The summed E-state index contributed by atoms with van der Waals surface area (Å²) in [4.78, 5) is 12.0. The predicted octanol–water partition coefficient (Wildman–Crippen LogP) is 2.53. The third-order valence-electron chi connectivity index (χ3n) is 3.45. The molecule has 3 aromatic rings. The molecule has 0 spiro atoms. The summed E-state index contributed by atoms with van der Waals surface area (Å²) in [5.74, 6) is -1.74. The first-order valence-corrected chi connectivity index (χ1v) is 7.28. The average Bonchev–Trinajstić information content (AvgIpc) is 3.06. The second-order valence-electron chi connectivity index (χ2n) is 5.17. The van der Waals surface area contributed by atoms with Crippen LogP contribution in [-0.4, -0.2) is 20.9 Å². The van der Waals surface area contributed by atoms with Gasteiger partial charge < -0.3 is 5.32 Å². The SMILES string of the molecule is O=C(NCc1ccccc1)c1cn(Cc2c(F)cccc2F)nn1. The van der Waals surface area contributed by atoms with Gasteiger partial charge in [0.2, 0.25) is 0 Å². The Morgan fingerprint density at radius 3 is 2.46 bits per heavy atom. The number of nitrogens with zero attached hydrogens (tertiary/aromatic N) is 3. The zero-order chi connectivity index (χ0) is 16.9. The molecule has 1 aromatic heterocycles. The van der Waals surface area contributed by atoms with Crippen LogP contribution in [0.2, 0.25) is 0 Å². The van der Waals surface area contributed by atoms with E-state index < -0.39 is 17.5 Å². The van der Waals surface area contributed by atoms with Crippen molar-refractivity contribution in [1.82, 2.24) is 20.3 Å². The van der Waals surface area contributed by atoms with Gasteiger partial charge in [-0.2, -0.15) is 0 Å². The van der Waals surface area contributed by atoms with Crippen molar-refractivity contribution in [3.05, 3.63) is 83.2 Å². The van der Waals surface area contributed by atoms with E-state index in [9.17, 15) is 13.6 Å². The zero-order valence-electron chi connectivity index (χ0n) is 12.6. The molecule has 0 aliphatic heterocycles. The van der Waals surface area contributed by atoms with E-state index in [0.717, 1.165) is 5.56 Å². The Morgan fingerprint density at radius 2 is 1.75 bits per heavy atom. The fourth-order valence-electron chi connectivity index (χ4n) is 2.19. The van der Waals surface area contributed by atoms with Crippen molar-refractivity contribution < 1.29 is 13.6 Å². The molecule has 1 N–H and O–H groups in total. The van der Waals surface area contributed by atoms with Crippen molar-refractivity contribution in [2.75, 3.05) is 0 Å². The Hall–Kier alpha value is -3.09. The summed E-state index contributed by atoms with van der Waals surface area (Å²) in [5, 5.41) is 10.2. The highest BCUT2D eigenvalue weighted by Gasteiger charge is 2.13. The third kappa shape index (κ3) is 3.62. The Kier molecular flexibility index (Phi) is 4.60. The molecule has 0 atom stereocenters. The molecule has 0 aliphatic rings. The number of halogens is 2. The van der Waals surface area contributed by atoms with Gasteiger partial charge in [-0.05, 0) is 17.7 Å². The Balaban J connectivity index is 1.66. The van der Waals surface area contributed by atoms with Crippen molar-refractivity contribution in [2.24, 2.45) is 0 Å². The fraction of sp³-hybridized carbons (Fsp3) is 0.118. The van der Waals surface area contributed by atoms with E-state index in [-0.39, 0.29) is 17.8 Å². The topological polar surface area (TPSA) is 59.8 Å². The number of hydrogen-bond acceptors (Lipinski definition) is 3. The van der Waals surface area contributed by atoms with Gasteiger partial charge in [0, 0.05) is 12.1 Å². The maximum Gasteiger partial charge on any atom is 0.273 e. The van der Waals surface area contributed by atoms with E-state index in [1.165, 1.54) is 29.1 Å². The Labute approximate surface area is 136 Å². The number of carbonyl (C=O) groups excluding carboxylic acids is 1. The molecule has 0 saturated heterocycles. The van der Waals surface area contributed by atoms with E-state index in [1.807, 2.05) is 30.3 Å². The molecule has 2 aromatic carbocycles. The lowest BCUT2D eigenvalue weighted by molar-refractivity contribution is 0.0946. The van der Waals surface area contributed by atoms with Crippen LogP contribution in [0.5, 0.6) is 0 Å². The first kappa shape index (κ1) is 15.8. The second-order valence-corrected chi connectivity index (χ2v) is 5.17. The maximum absolute atomic E-state index is 13.6. The molecule has 1 amide bonds. The van der Waals surface area contributed by atoms with Crippen molar-refractivity contribution in [3.8, 4) is 0 Å². The second kappa shape index (κ2) is 6.99. The summed E-state index contributed by atoms with van der Waals surface area (Å²) in [6.45, 7) is 0.214. The number of aromatic nitrogens is 3. The minimum atomic E-state index is -0.666. The smallest absolute Gasteiger partial charge is 0.273 e. The first-order valence-electron chi connectivity index (χ1n) is 7.28. The van der Waals surface area contributed by atoms with Crippen LogP contribution in [0.3, 0.4) is 0 Å². The summed E-state index contributed by atoms with van der Waals surface area (Å²) in [7, 11) is 0. The number of rotatable bonds is 5. The molecule has 0 bridgehead atoms. The highest BCUT2D eigenvalue weighted by molar-refractivity contribution is 5.91. The van der Waals surface area contributed by atoms with Crippen molar-refractivity contribution in [3.63, 3.8) is 0 Å². The average molecular weight is 328 g/mol. The standard InChI is InChI=1S/C17H14F2N4O/c18-14-7-4-8-15(19)13(14)10-23-11-16(21-22-23)17(24)20-9-12-5-2-1-3-6-12/h1-8,11H,9-10H2,(H,20,24). The Morgan fingerprint density at radius 1 is 1.04 bits per heavy atom. The van der Waals surface area contributed by atoms with Gasteiger partial charge in [0.15, 0.2) is 5.69 Å². The molecule has 24 heavy (non-hydrogen) atoms. The highest BCUT2D eigenvalue weighted by atomic mass is 19.1. The summed E-state index contributed by atoms with van der Waals surface area (Å²) >= 11 is 0. The van der Waals surface area contributed by atoms with Crippen LogP contribution >= 0.6 is 0 Å². The quantitative estimate of drug-likeness (QED) is 0.783. The lowest BCUT2D eigenvalue weighted by atomic mass is 10.2. The molecule has 0 aliphatic carbocycles. The normalized spacial score (nSPS) is 10.6. The first-order chi connectivity index (χ1) is 11.6. The third-order valence-corrected chi connectivity index (χ3v) is 3.45.